The van der Waals surface area contributed by atoms with Gasteiger partial charge in [0.25, 0.3) is 5.91 Å². The third kappa shape index (κ3) is 6.38. The summed E-state index contributed by atoms with van der Waals surface area (Å²) < 4.78 is 5.31. The summed E-state index contributed by atoms with van der Waals surface area (Å²) in [6.07, 6.45) is 0.396. The van der Waals surface area contributed by atoms with E-state index in [2.05, 4.69) is 15.8 Å². The molecule has 1 aromatic carbocycles. The average molecular weight is 462 g/mol. The van der Waals surface area contributed by atoms with E-state index < -0.39 is 11.7 Å². The van der Waals surface area contributed by atoms with Crippen LogP contribution in [0.3, 0.4) is 0 Å². The summed E-state index contributed by atoms with van der Waals surface area (Å²) in [5.74, 6) is 2.17. The van der Waals surface area contributed by atoms with Gasteiger partial charge in [0.15, 0.2) is 5.84 Å². The van der Waals surface area contributed by atoms with Gasteiger partial charge in [-0.05, 0) is 39.3 Å². The normalized spacial score (nSPS) is 18.2. The Kier molecular flexibility index (Phi) is 7.65. The molecule has 2 aliphatic rings. The van der Waals surface area contributed by atoms with Gasteiger partial charge in [-0.3, -0.25) is 9.59 Å². The van der Waals surface area contributed by atoms with Crippen molar-refractivity contribution in [1.29, 1.82) is 0 Å². The highest BCUT2D eigenvalue weighted by Gasteiger charge is 2.35. The first-order chi connectivity index (χ1) is 15.1. The van der Waals surface area contributed by atoms with Gasteiger partial charge in [0, 0.05) is 49.3 Å². The lowest BCUT2D eigenvalue weighted by Crippen LogP contribution is -2.57. The summed E-state index contributed by atoms with van der Waals surface area (Å²) in [5.41, 5.74) is 3.57. The van der Waals surface area contributed by atoms with E-state index in [9.17, 15) is 14.4 Å². The number of thioether (sulfide) groups is 1. The maximum Gasteiger partial charge on any atom is 0.410 e. The van der Waals surface area contributed by atoms with Gasteiger partial charge in [0.2, 0.25) is 5.91 Å². The van der Waals surface area contributed by atoms with Gasteiger partial charge in [-0.2, -0.15) is 16.9 Å². The fraction of sp³-hybridized carbons (Fsp3) is 0.545. The number of nitrogens with zero attached hydrogens (tertiary/aromatic N) is 3. The van der Waals surface area contributed by atoms with E-state index in [1.54, 1.807) is 18.8 Å². The summed E-state index contributed by atoms with van der Waals surface area (Å²) in [5, 5.41) is 7.17. The number of hydrazone groups is 1. The third-order valence-electron chi connectivity index (χ3n) is 4.98. The molecule has 1 atom stereocenters. The molecule has 1 unspecified atom stereocenters. The molecule has 174 valence electrons. The van der Waals surface area contributed by atoms with Gasteiger partial charge < -0.3 is 19.9 Å². The van der Waals surface area contributed by atoms with Gasteiger partial charge in [0.1, 0.15) is 11.6 Å². The molecule has 32 heavy (non-hydrogen) atoms. The highest BCUT2D eigenvalue weighted by Crippen LogP contribution is 2.23. The standard InChI is InChI=1S/C22H31N5O4S/c1-22(2,3)31-21(30)26(4)10-6-9-18(28)23-16-8-5-7-15(13-16)19-24-25-20(29)17-14-32-12-11-27(17)19/h5,7-8,13,17H,6,9-12,14H2,1-4H3,(H,23,28)(H,25,29). The Morgan fingerprint density at radius 1 is 1.38 bits per heavy atom. The van der Waals surface area contributed by atoms with Crippen LogP contribution in [0.25, 0.3) is 0 Å². The van der Waals surface area contributed by atoms with Crippen LogP contribution in [0.2, 0.25) is 0 Å². The fourth-order valence-corrected chi connectivity index (χ4v) is 4.47. The van der Waals surface area contributed by atoms with E-state index in [0.29, 0.717) is 24.5 Å². The van der Waals surface area contributed by atoms with E-state index in [1.807, 2.05) is 49.9 Å². The zero-order chi connectivity index (χ0) is 23.3. The van der Waals surface area contributed by atoms with Crippen LogP contribution in [0.1, 0.15) is 39.2 Å². The average Bonchev–Trinajstić information content (AvgIpc) is 2.73. The molecule has 9 nitrogen and oxygen atoms in total. The van der Waals surface area contributed by atoms with Crippen LogP contribution in [-0.4, -0.2) is 76.8 Å². The SMILES string of the molecule is CN(CCCC(=O)Nc1cccc(C2=NNC(=O)C3CSCCN23)c1)C(=O)OC(C)(C)C. The lowest BCUT2D eigenvalue weighted by atomic mass is 10.1. The minimum atomic E-state index is -0.549. The lowest BCUT2D eigenvalue weighted by molar-refractivity contribution is -0.125. The summed E-state index contributed by atoms with van der Waals surface area (Å²) in [7, 11) is 1.66. The minimum Gasteiger partial charge on any atom is -0.444 e. The highest BCUT2D eigenvalue weighted by molar-refractivity contribution is 7.99. The number of amidine groups is 1. The molecule has 2 N–H and O–H groups in total. The van der Waals surface area contributed by atoms with Crippen LogP contribution < -0.4 is 10.7 Å². The van der Waals surface area contributed by atoms with Crippen molar-refractivity contribution in [3.8, 4) is 0 Å². The summed E-state index contributed by atoms with van der Waals surface area (Å²) >= 11 is 1.76. The Hall–Kier alpha value is -2.75. The van der Waals surface area contributed by atoms with E-state index in [-0.39, 0.29) is 24.3 Å². The maximum absolute atomic E-state index is 12.4. The molecule has 1 aromatic rings. The van der Waals surface area contributed by atoms with Gasteiger partial charge >= 0.3 is 6.09 Å². The first-order valence-corrected chi connectivity index (χ1v) is 11.9. The monoisotopic (exact) mass is 461 g/mol. The Bertz CT molecular complexity index is 899. The second-order valence-corrected chi connectivity index (χ2v) is 9.98. The summed E-state index contributed by atoms with van der Waals surface area (Å²) in [6, 6.07) is 7.23. The number of fused-ring (bicyclic) bond motifs is 1. The van der Waals surface area contributed by atoms with E-state index in [0.717, 1.165) is 23.6 Å². The largest absolute Gasteiger partial charge is 0.444 e. The quantitative estimate of drug-likeness (QED) is 0.675. The number of hydrogen-bond acceptors (Lipinski definition) is 7. The number of ether oxygens (including phenoxy) is 1. The molecule has 1 saturated heterocycles. The first kappa shape index (κ1) is 23.9. The zero-order valence-corrected chi connectivity index (χ0v) is 19.8. The van der Waals surface area contributed by atoms with E-state index in [1.165, 1.54) is 4.90 Å². The van der Waals surface area contributed by atoms with Crippen LogP contribution in [0.4, 0.5) is 10.5 Å². The topological polar surface area (TPSA) is 103 Å². The Balaban J connectivity index is 1.54. The van der Waals surface area contributed by atoms with E-state index in [4.69, 9.17) is 4.74 Å². The molecular weight excluding hydrogens is 430 g/mol. The molecule has 0 radical (unpaired) electrons. The maximum atomic E-state index is 12.4. The predicted molar refractivity (Wildman–Crippen MR) is 126 cm³/mol. The summed E-state index contributed by atoms with van der Waals surface area (Å²) in [4.78, 5) is 40.0. The molecule has 0 saturated carbocycles. The van der Waals surface area contributed by atoms with Crippen LogP contribution in [-0.2, 0) is 14.3 Å². The molecule has 2 aliphatic heterocycles. The number of benzene rings is 1. The smallest absolute Gasteiger partial charge is 0.410 e. The van der Waals surface area contributed by atoms with Gasteiger partial charge in [-0.25, -0.2) is 10.2 Å². The molecule has 0 spiro atoms. The number of hydrogen-bond donors (Lipinski definition) is 2. The molecule has 2 heterocycles. The van der Waals surface area contributed by atoms with Crippen molar-refractivity contribution in [3.63, 3.8) is 0 Å². The van der Waals surface area contributed by atoms with Crippen LogP contribution in [0, 0.1) is 0 Å². The van der Waals surface area contributed by atoms with Crippen LogP contribution in [0.15, 0.2) is 29.4 Å². The number of nitrogens with one attached hydrogen (secondary N) is 2. The third-order valence-corrected chi connectivity index (χ3v) is 6.00. The van der Waals surface area contributed by atoms with Crippen molar-refractivity contribution in [1.82, 2.24) is 15.2 Å². The fourth-order valence-electron chi connectivity index (χ4n) is 3.42. The van der Waals surface area contributed by atoms with Crippen molar-refractivity contribution in [3.05, 3.63) is 29.8 Å². The van der Waals surface area contributed by atoms with Gasteiger partial charge in [-0.1, -0.05) is 12.1 Å². The molecule has 3 amide bonds. The molecule has 0 aliphatic carbocycles. The first-order valence-electron chi connectivity index (χ1n) is 10.7. The molecule has 0 bridgehead atoms. The summed E-state index contributed by atoms with van der Waals surface area (Å²) in [6.45, 7) is 6.63. The number of carbonyl (C=O) groups is 3. The Labute approximate surface area is 192 Å². The van der Waals surface area contributed by atoms with E-state index >= 15 is 0 Å². The number of rotatable bonds is 6. The number of carbonyl (C=O) groups excluding carboxylic acids is 3. The van der Waals surface area contributed by atoms with Gasteiger partial charge in [0.05, 0.1) is 0 Å². The van der Waals surface area contributed by atoms with Crippen molar-refractivity contribution >= 4 is 41.2 Å². The molecule has 3 rings (SSSR count). The van der Waals surface area contributed by atoms with Crippen molar-refractivity contribution in [2.24, 2.45) is 5.10 Å². The highest BCUT2D eigenvalue weighted by atomic mass is 32.2. The van der Waals surface area contributed by atoms with Gasteiger partial charge in [-0.15, -0.1) is 0 Å². The van der Waals surface area contributed by atoms with Crippen LogP contribution >= 0.6 is 11.8 Å². The number of anilines is 1. The lowest BCUT2D eigenvalue weighted by Gasteiger charge is -2.38. The molecule has 1 fully saturated rings. The predicted octanol–water partition coefficient (Wildman–Crippen LogP) is 2.48. The number of amides is 3. The zero-order valence-electron chi connectivity index (χ0n) is 19.0. The Morgan fingerprint density at radius 3 is 2.91 bits per heavy atom. The Morgan fingerprint density at radius 2 is 2.16 bits per heavy atom. The van der Waals surface area contributed by atoms with Crippen LogP contribution in [0.5, 0.6) is 0 Å². The van der Waals surface area contributed by atoms with Crippen molar-refractivity contribution in [2.45, 2.75) is 45.3 Å². The minimum absolute atomic E-state index is 0.0817. The molecule has 10 heteroatoms. The second kappa shape index (κ2) is 10.2. The van der Waals surface area contributed by atoms with Crippen molar-refractivity contribution < 1.29 is 19.1 Å². The van der Waals surface area contributed by atoms with Crippen molar-refractivity contribution in [2.75, 3.05) is 37.0 Å². The molecule has 0 aromatic heterocycles. The molecular formula is C22H31N5O4S. The second-order valence-electron chi connectivity index (χ2n) is 8.83.